The van der Waals surface area contributed by atoms with E-state index in [0.717, 1.165) is 11.1 Å². The zero-order valence-corrected chi connectivity index (χ0v) is 16.9. The topological polar surface area (TPSA) is 71.3 Å². The lowest BCUT2D eigenvalue weighted by molar-refractivity contribution is -0.112. The smallest absolute Gasteiger partial charge is 0.266 e. The Hall–Kier alpha value is -4.04. The van der Waals surface area contributed by atoms with Crippen LogP contribution in [0.5, 0.6) is 11.5 Å². The summed E-state index contributed by atoms with van der Waals surface area (Å²) in [4.78, 5) is 12.6. The molecule has 0 aliphatic rings. The molecule has 3 aromatic rings. The molecule has 5 nitrogen and oxygen atoms in total. The number of nitrogens with one attached hydrogen (secondary N) is 1. The molecule has 0 spiro atoms. The fourth-order valence-electron chi connectivity index (χ4n) is 2.87. The van der Waals surface area contributed by atoms with Gasteiger partial charge in [0.15, 0.2) is 0 Å². The lowest BCUT2D eigenvalue weighted by Gasteiger charge is -2.10. The van der Waals surface area contributed by atoms with Crippen LogP contribution in [0.2, 0.25) is 0 Å². The monoisotopic (exact) mass is 398 g/mol. The molecule has 0 radical (unpaired) electrons. The van der Waals surface area contributed by atoms with Crippen molar-refractivity contribution in [2.75, 3.05) is 12.4 Å². The number of nitrogens with zero attached hydrogens (tertiary/aromatic N) is 1. The van der Waals surface area contributed by atoms with E-state index in [1.165, 1.54) is 6.08 Å². The fraction of sp³-hybridized carbons (Fsp3) is 0.120. The summed E-state index contributed by atoms with van der Waals surface area (Å²) in [5.41, 5.74) is 3.42. The lowest BCUT2D eigenvalue weighted by atomic mass is 10.1. The fourth-order valence-corrected chi connectivity index (χ4v) is 2.87. The van der Waals surface area contributed by atoms with E-state index in [4.69, 9.17) is 9.47 Å². The molecular weight excluding hydrogens is 376 g/mol. The van der Waals surface area contributed by atoms with Crippen molar-refractivity contribution in [3.05, 3.63) is 95.1 Å². The molecule has 0 heterocycles. The zero-order chi connectivity index (χ0) is 21.3. The second-order valence-corrected chi connectivity index (χ2v) is 6.67. The normalized spacial score (nSPS) is 10.8. The number of benzene rings is 3. The molecule has 0 fully saturated rings. The molecule has 5 heteroatoms. The number of rotatable bonds is 7. The number of aryl methyl sites for hydroxylation is 1. The third-order valence-electron chi connectivity index (χ3n) is 4.41. The standard InChI is InChI=1S/C25H22N2O3/c1-18-6-5-7-19(14-18)17-30-24-9-4-3-8-20(24)15-21(16-26)25(28)27-22-10-12-23(29-2)13-11-22/h3-15H,17H2,1-2H3,(H,27,28)/b21-15+. The van der Waals surface area contributed by atoms with Crippen molar-refractivity contribution in [1.29, 1.82) is 5.26 Å². The summed E-state index contributed by atoms with van der Waals surface area (Å²) in [7, 11) is 1.57. The number of nitriles is 1. The van der Waals surface area contributed by atoms with Crippen LogP contribution in [0.15, 0.2) is 78.4 Å². The predicted octanol–water partition coefficient (Wildman–Crippen LogP) is 5.13. The summed E-state index contributed by atoms with van der Waals surface area (Å²) in [5, 5.41) is 12.2. The van der Waals surface area contributed by atoms with Crippen LogP contribution in [-0.4, -0.2) is 13.0 Å². The van der Waals surface area contributed by atoms with E-state index in [1.807, 2.05) is 55.5 Å². The van der Waals surface area contributed by atoms with E-state index in [0.29, 0.717) is 29.4 Å². The maximum atomic E-state index is 12.6. The minimum Gasteiger partial charge on any atom is -0.497 e. The molecule has 0 saturated heterocycles. The zero-order valence-electron chi connectivity index (χ0n) is 16.9. The highest BCUT2D eigenvalue weighted by atomic mass is 16.5. The number of hydrogen-bond acceptors (Lipinski definition) is 4. The van der Waals surface area contributed by atoms with Crippen LogP contribution in [0.3, 0.4) is 0 Å². The number of hydrogen-bond donors (Lipinski definition) is 1. The highest BCUT2D eigenvalue weighted by Gasteiger charge is 2.11. The van der Waals surface area contributed by atoms with Crippen molar-refractivity contribution < 1.29 is 14.3 Å². The number of amides is 1. The summed E-state index contributed by atoms with van der Waals surface area (Å²) in [6.07, 6.45) is 1.53. The molecule has 0 aliphatic carbocycles. The molecule has 1 N–H and O–H groups in total. The molecule has 0 unspecified atom stereocenters. The Morgan fingerprint density at radius 1 is 1.07 bits per heavy atom. The minimum absolute atomic E-state index is 0.0163. The van der Waals surface area contributed by atoms with Gasteiger partial charge in [0.25, 0.3) is 5.91 Å². The first-order valence-electron chi connectivity index (χ1n) is 9.43. The van der Waals surface area contributed by atoms with Crippen LogP contribution in [0.4, 0.5) is 5.69 Å². The minimum atomic E-state index is -0.490. The van der Waals surface area contributed by atoms with Gasteiger partial charge in [-0.3, -0.25) is 4.79 Å². The molecule has 0 aliphatic heterocycles. The lowest BCUT2D eigenvalue weighted by Crippen LogP contribution is -2.13. The largest absolute Gasteiger partial charge is 0.497 e. The molecule has 0 saturated carbocycles. The number of anilines is 1. The van der Waals surface area contributed by atoms with Crippen molar-refractivity contribution in [3.8, 4) is 17.6 Å². The van der Waals surface area contributed by atoms with Crippen LogP contribution in [0.1, 0.15) is 16.7 Å². The van der Waals surface area contributed by atoms with Gasteiger partial charge in [-0.05, 0) is 48.9 Å². The Morgan fingerprint density at radius 3 is 2.53 bits per heavy atom. The molecule has 3 aromatic carbocycles. The Kier molecular flexibility index (Phi) is 6.86. The molecule has 0 bridgehead atoms. The van der Waals surface area contributed by atoms with Crippen LogP contribution in [0, 0.1) is 18.3 Å². The molecular formula is C25H22N2O3. The van der Waals surface area contributed by atoms with Crippen molar-refractivity contribution in [3.63, 3.8) is 0 Å². The molecule has 30 heavy (non-hydrogen) atoms. The Balaban J connectivity index is 1.76. The third kappa shape index (κ3) is 5.49. The number of carbonyl (C=O) groups is 1. The maximum Gasteiger partial charge on any atom is 0.266 e. The van der Waals surface area contributed by atoms with E-state index >= 15 is 0 Å². The maximum absolute atomic E-state index is 12.6. The van der Waals surface area contributed by atoms with Gasteiger partial charge in [-0.15, -0.1) is 0 Å². The molecule has 150 valence electrons. The van der Waals surface area contributed by atoms with Crippen molar-refractivity contribution in [2.24, 2.45) is 0 Å². The summed E-state index contributed by atoms with van der Waals surface area (Å²) >= 11 is 0. The second kappa shape index (κ2) is 9.94. The highest BCUT2D eigenvalue weighted by Crippen LogP contribution is 2.23. The quantitative estimate of drug-likeness (QED) is 0.442. The summed E-state index contributed by atoms with van der Waals surface area (Å²) in [5.74, 6) is 0.795. The molecule has 0 aromatic heterocycles. The van der Waals surface area contributed by atoms with Gasteiger partial charge in [0, 0.05) is 11.3 Å². The van der Waals surface area contributed by atoms with E-state index in [9.17, 15) is 10.1 Å². The first-order valence-corrected chi connectivity index (χ1v) is 9.43. The van der Waals surface area contributed by atoms with Gasteiger partial charge in [-0.2, -0.15) is 5.26 Å². The van der Waals surface area contributed by atoms with E-state index < -0.39 is 5.91 Å². The SMILES string of the molecule is COc1ccc(NC(=O)/C(C#N)=C/c2ccccc2OCc2cccc(C)c2)cc1. The number of para-hydroxylation sites is 1. The highest BCUT2D eigenvalue weighted by molar-refractivity contribution is 6.09. The Morgan fingerprint density at radius 2 is 1.83 bits per heavy atom. The predicted molar refractivity (Wildman–Crippen MR) is 117 cm³/mol. The molecule has 0 atom stereocenters. The average Bonchev–Trinajstić information content (AvgIpc) is 2.77. The van der Waals surface area contributed by atoms with Gasteiger partial charge in [0.2, 0.25) is 0 Å². The van der Waals surface area contributed by atoms with Gasteiger partial charge < -0.3 is 14.8 Å². The van der Waals surface area contributed by atoms with Gasteiger partial charge in [0.1, 0.15) is 29.7 Å². The van der Waals surface area contributed by atoms with E-state index in [-0.39, 0.29) is 5.57 Å². The van der Waals surface area contributed by atoms with Gasteiger partial charge in [-0.25, -0.2) is 0 Å². The van der Waals surface area contributed by atoms with Crippen molar-refractivity contribution in [1.82, 2.24) is 0 Å². The number of carbonyl (C=O) groups excluding carboxylic acids is 1. The Bertz CT molecular complexity index is 1100. The summed E-state index contributed by atoms with van der Waals surface area (Å²) < 4.78 is 11.1. The first kappa shape index (κ1) is 20.7. The van der Waals surface area contributed by atoms with Crippen LogP contribution < -0.4 is 14.8 Å². The van der Waals surface area contributed by atoms with Crippen LogP contribution >= 0.6 is 0 Å². The van der Waals surface area contributed by atoms with Gasteiger partial charge in [-0.1, -0.05) is 48.0 Å². The summed E-state index contributed by atoms with van der Waals surface area (Å²) in [6.45, 7) is 2.42. The van der Waals surface area contributed by atoms with Gasteiger partial charge in [0.05, 0.1) is 7.11 Å². The van der Waals surface area contributed by atoms with Gasteiger partial charge >= 0.3 is 0 Å². The number of ether oxygens (including phenoxy) is 2. The third-order valence-corrected chi connectivity index (χ3v) is 4.41. The van der Waals surface area contributed by atoms with E-state index in [1.54, 1.807) is 31.4 Å². The van der Waals surface area contributed by atoms with Crippen molar-refractivity contribution in [2.45, 2.75) is 13.5 Å². The van der Waals surface area contributed by atoms with Crippen LogP contribution in [0.25, 0.3) is 6.08 Å². The van der Waals surface area contributed by atoms with Crippen LogP contribution in [-0.2, 0) is 11.4 Å². The van der Waals surface area contributed by atoms with Crippen molar-refractivity contribution >= 4 is 17.7 Å². The Labute approximate surface area is 176 Å². The average molecular weight is 398 g/mol. The summed E-state index contributed by atoms with van der Waals surface area (Å²) in [6, 6.07) is 24.2. The second-order valence-electron chi connectivity index (χ2n) is 6.67. The molecule has 1 amide bonds. The molecule has 3 rings (SSSR count). The number of methoxy groups -OCH3 is 1. The first-order chi connectivity index (χ1) is 14.6. The van der Waals surface area contributed by atoms with E-state index in [2.05, 4.69) is 11.4 Å².